The minimum absolute atomic E-state index is 0.705. The van der Waals surface area contributed by atoms with E-state index in [1.54, 1.807) is 0 Å². The van der Waals surface area contributed by atoms with Crippen molar-refractivity contribution < 1.29 is 0 Å². The van der Waals surface area contributed by atoms with Gasteiger partial charge in [-0.3, -0.25) is 4.90 Å². The van der Waals surface area contributed by atoms with Crippen molar-refractivity contribution in [3.05, 3.63) is 35.4 Å². The van der Waals surface area contributed by atoms with Gasteiger partial charge < -0.3 is 5.32 Å². The Kier molecular flexibility index (Phi) is 4.42. The molecule has 1 aromatic carbocycles. The average molecular weight is 272 g/mol. The van der Waals surface area contributed by atoms with Crippen molar-refractivity contribution in [1.29, 1.82) is 0 Å². The van der Waals surface area contributed by atoms with Gasteiger partial charge in [-0.15, -0.1) is 0 Å². The van der Waals surface area contributed by atoms with Crippen LogP contribution < -0.4 is 5.32 Å². The van der Waals surface area contributed by atoms with Gasteiger partial charge in [0.2, 0.25) is 0 Å². The molecule has 2 aliphatic rings. The summed E-state index contributed by atoms with van der Waals surface area (Å²) < 4.78 is 0. The van der Waals surface area contributed by atoms with Gasteiger partial charge in [0.1, 0.15) is 0 Å². The van der Waals surface area contributed by atoms with E-state index in [0.29, 0.717) is 6.04 Å². The fourth-order valence-electron chi connectivity index (χ4n) is 3.54. The van der Waals surface area contributed by atoms with Crippen LogP contribution in [0.5, 0.6) is 0 Å². The molecule has 0 aromatic heterocycles. The molecule has 1 saturated heterocycles. The normalized spacial score (nSPS) is 28.3. The summed E-state index contributed by atoms with van der Waals surface area (Å²) in [5.41, 5.74) is 2.89. The number of nitrogens with zero attached hydrogens (tertiary/aromatic N) is 1. The van der Waals surface area contributed by atoms with Gasteiger partial charge in [0.25, 0.3) is 0 Å². The van der Waals surface area contributed by atoms with Gasteiger partial charge >= 0.3 is 0 Å². The molecule has 1 saturated carbocycles. The summed E-state index contributed by atoms with van der Waals surface area (Å²) in [6.07, 6.45) is 5.41. The molecule has 1 heterocycles. The largest absolute Gasteiger partial charge is 0.312 e. The SMILES string of the molecule is Cc1ccc(C2CC(NCC(C)N3CCCC3)C2)cc1. The highest BCUT2D eigenvalue weighted by atomic mass is 15.2. The highest BCUT2D eigenvalue weighted by Crippen LogP contribution is 2.36. The van der Waals surface area contributed by atoms with Crippen LogP contribution in [0.2, 0.25) is 0 Å². The van der Waals surface area contributed by atoms with Crippen molar-refractivity contribution in [1.82, 2.24) is 10.2 Å². The van der Waals surface area contributed by atoms with Gasteiger partial charge in [-0.1, -0.05) is 29.8 Å². The molecule has 1 atom stereocenters. The van der Waals surface area contributed by atoms with E-state index in [9.17, 15) is 0 Å². The van der Waals surface area contributed by atoms with Crippen molar-refractivity contribution >= 4 is 0 Å². The zero-order chi connectivity index (χ0) is 13.9. The zero-order valence-electron chi connectivity index (χ0n) is 12.9. The lowest BCUT2D eigenvalue weighted by Crippen LogP contribution is -2.46. The monoisotopic (exact) mass is 272 g/mol. The second kappa shape index (κ2) is 6.28. The number of nitrogens with one attached hydrogen (secondary N) is 1. The Labute approximate surface area is 123 Å². The summed E-state index contributed by atoms with van der Waals surface area (Å²) in [4.78, 5) is 2.63. The second-order valence-corrected chi connectivity index (χ2v) is 6.78. The quantitative estimate of drug-likeness (QED) is 0.884. The maximum absolute atomic E-state index is 3.77. The fraction of sp³-hybridized carbons (Fsp3) is 0.667. The van der Waals surface area contributed by atoms with Crippen molar-refractivity contribution in [2.75, 3.05) is 19.6 Å². The predicted octanol–water partition coefficient (Wildman–Crippen LogP) is 3.31. The van der Waals surface area contributed by atoms with Crippen molar-refractivity contribution in [2.24, 2.45) is 0 Å². The maximum Gasteiger partial charge on any atom is 0.0192 e. The van der Waals surface area contributed by atoms with E-state index < -0.39 is 0 Å². The van der Waals surface area contributed by atoms with Crippen molar-refractivity contribution in [3.8, 4) is 0 Å². The Hall–Kier alpha value is -0.860. The lowest BCUT2D eigenvalue weighted by atomic mass is 9.75. The minimum atomic E-state index is 0.705. The third-order valence-corrected chi connectivity index (χ3v) is 5.15. The molecular weight excluding hydrogens is 244 g/mol. The molecule has 0 bridgehead atoms. The lowest BCUT2D eigenvalue weighted by Gasteiger charge is -2.38. The molecule has 0 amide bonds. The van der Waals surface area contributed by atoms with Crippen LogP contribution >= 0.6 is 0 Å². The van der Waals surface area contributed by atoms with Gasteiger partial charge in [0, 0.05) is 18.6 Å². The van der Waals surface area contributed by atoms with Crippen molar-refractivity contribution in [2.45, 2.75) is 57.5 Å². The molecule has 1 aliphatic heterocycles. The number of likely N-dealkylation sites (tertiary alicyclic amines) is 1. The molecule has 20 heavy (non-hydrogen) atoms. The molecule has 1 N–H and O–H groups in total. The first kappa shape index (κ1) is 14.1. The topological polar surface area (TPSA) is 15.3 Å². The fourth-order valence-corrected chi connectivity index (χ4v) is 3.54. The van der Waals surface area contributed by atoms with E-state index in [1.807, 2.05) is 0 Å². The number of aryl methyl sites for hydroxylation is 1. The first-order valence-electron chi connectivity index (χ1n) is 8.26. The van der Waals surface area contributed by atoms with Gasteiger partial charge in [-0.2, -0.15) is 0 Å². The first-order valence-corrected chi connectivity index (χ1v) is 8.26. The van der Waals surface area contributed by atoms with Crippen LogP contribution in [0, 0.1) is 6.92 Å². The lowest BCUT2D eigenvalue weighted by molar-refractivity contribution is 0.220. The molecule has 0 radical (unpaired) electrons. The molecular formula is C18H28N2. The zero-order valence-corrected chi connectivity index (χ0v) is 12.9. The van der Waals surface area contributed by atoms with Crippen LogP contribution in [-0.4, -0.2) is 36.6 Å². The van der Waals surface area contributed by atoms with E-state index in [-0.39, 0.29) is 0 Å². The smallest absolute Gasteiger partial charge is 0.0192 e. The third kappa shape index (κ3) is 3.24. The Bertz CT molecular complexity index is 414. The number of rotatable bonds is 5. The molecule has 0 spiro atoms. The first-order chi connectivity index (χ1) is 9.72. The summed E-state index contributed by atoms with van der Waals surface area (Å²) in [7, 11) is 0. The number of benzene rings is 1. The van der Waals surface area contributed by atoms with Crippen LogP contribution in [-0.2, 0) is 0 Å². The van der Waals surface area contributed by atoms with Crippen LogP contribution in [0.15, 0.2) is 24.3 Å². The maximum atomic E-state index is 3.77. The summed E-state index contributed by atoms with van der Waals surface area (Å²) in [5.74, 6) is 0.787. The summed E-state index contributed by atoms with van der Waals surface area (Å²) >= 11 is 0. The Morgan fingerprint density at radius 3 is 2.45 bits per heavy atom. The van der Waals surface area contributed by atoms with E-state index in [1.165, 1.54) is 49.9 Å². The molecule has 2 heteroatoms. The molecule has 3 rings (SSSR count). The van der Waals surface area contributed by atoms with E-state index in [2.05, 4.69) is 48.3 Å². The van der Waals surface area contributed by atoms with E-state index in [4.69, 9.17) is 0 Å². The van der Waals surface area contributed by atoms with Gasteiger partial charge in [0.05, 0.1) is 0 Å². The van der Waals surface area contributed by atoms with Crippen molar-refractivity contribution in [3.63, 3.8) is 0 Å². The highest BCUT2D eigenvalue weighted by Gasteiger charge is 2.30. The molecule has 2 nitrogen and oxygen atoms in total. The van der Waals surface area contributed by atoms with Gasteiger partial charge in [-0.25, -0.2) is 0 Å². The summed E-state index contributed by atoms with van der Waals surface area (Å²) in [6, 6.07) is 10.5. The van der Waals surface area contributed by atoms with E-state index in [0.717, 1.165) is 18.5 Å². The molecule has 1 aromatic rings. The van der Waals surface area contributed by atoms with E-state index >= 15 is 0 Å². The van der Waals surface area contributed by atoms with Gasteiger partial charge in [0.15, 0.2) is 0 Å². The van der Waals surface area contributed by atoms with Crippen LogP contribution in [0.1, 0.15) is 49.7 Å². The van der Waals surface area contributed by atoms with Crippen LogP contribution in [0.25, 0.3) is 0 Å². The molecule has 1 unspecified atom stereocenters. The van der Waals surface area contributed by atoms with Crippen LogP contribution in [0.4, 0.5) is 0 Å². The Balaban J connectivity index is 1.38. The Morgan fingerprint density at radius 2 is 1.80 bits per heavy atom. The molecule has 2 fully saturated rings. The average Bonchev–Trinajstić information content (AvgIpc) is 2.92. The van der Waals surface area contributed by atoms with Crippen LogP contribution in [0.3, 0.4) is 0 Å². The van der Waals surface area contributed by atoms with Gasteiger partial charge in [-0.05, 0) is 64.1 Å². The second-order valence-electron chi connectivity index (χ2n) is 6.78. The minimum Gasteiger partial charge on any atom is -0.312 e. The molecule has 1 aliphatic carbocycles. The standard InChI is InChI=1S/C18H28N2/c1-14-5-7-16(8-6-14)17-11-18(12-17)19-13-15(2)20-9-3-4-10-20/h5-8,15,17-19H,3-4,9-13H2,1-2H3. The molecule has 110 valence electrons. The third-order valence-electron chi connectivity index (χ3n) is 5.15. The number of hydrogen-bond donors (Lipinski definition) is 1. The summed E-state index contributed by atoms with van der Waals surface area (Å²) in [6.45, 7) is 8.30. The highest BCUT2D eigenvalue weighted by molar-refractivity contribution is 5.26. The predicted molar refractivity (Wildman–Crippen MR) is 85.2 cm³/mol. The number of hydrogen-bond acceptors (Lipinski definition) is 2. The Morgan fingerprint density at radius 1 is 1.15 bits per heavy atom. The summed E-state index contributed by atoms with van der Waals surface area (Å²) in [5, 5.41) is 3.77.